The van der Waals surface area contributed by atoms with E-state index >= 15 is 0 Å². The molecule has 1 aromatic carbocycles. The maximum absolute atomic E-state index is 13.9. The first-order chi connectivity index (χ1) is 8.52. The average Bonchev–Trinajstić information content (AvgIpc) is 2.42. The zero-order chi connectivity index (χ0) is 13.1. The zero-order valence-electron chi connectivity index (χ0n) is 9.31. The molecule has 0 radical (unpaired) electrons. The van der Waals surface area contributed by atoms with Gasteiger partial charge in [-0.15, -0.1) is 0 Å². The van der Waals surface area contributed by atoms with Crippen LogP contribution < -0.4 is 0 Å². The van der Waals surface area contributed by atoms with E-state index in [1.165, 1.54) is 19.3 Å². The molecule has 0 unspecified atom stereocenters. The van der Waals surface area contributed by atoms with Crippen LogP contribution in [0.2, 0.25) is 0 Å². The van der Waals surface area contributed by atoms with Crippen molar-refractivity contribution in [2.75, 3.05) is 7.11 Å². The number of methoxy groups -OCH3 is 1. The molecule has 2 bridgehead atoms. The van der Waals surface area contributed by atoms with Gasteiger partial charge in [-0.1, -0.05) is 12.2 Å². The molecule has 5 heteroatoms. The third-order valence-electron chi connectivity index (χ3n) is 3.47. The van der Waals surface area contributed by atoms with E-state index in [0.717, 1.165) is 0 Å². The van der Waals surface area contributed by atoms with Gasteiger partial charge in [-0.2, -0.15) is 0 Å². The molecular weight excluding hydrogens is 248 g/mol. The van der Waals surface area contributed by atoms with Crippen LogP contribution in [0.25, 0.3) is 0 Å². The van der Waals surface area contributed by atoms with Gasteiger partial charge in [-0.05, 0) is 12.2 Å². The molecular formula is C13H8F4O. The second-order valence-electron chi connectivity index (χ2n) is 4.29. The van der Waals surface area contributed by atoms with E-state index in [9.17, 15) is 17.6 Å². The van der Waals surface area contributed by atoms with E-state index in [-0.39, 0.29) is 11.1 Å². The summed E-state index contributed by atoms with van der Waals surface area (Å²) in [5.74, 6) is -6.95. The number of ether oxygens (including phenoxy) is 1. The minimum atomic E-state index is -1.81. The van der Waals surface area contributed by atoms with Crippen LogP contribution in [-0.2, 0) is 10.3 Å². The molecule has 0 N–H and O–H groups in total. The lowest BCUT2D eigenvalue weighted by atomic mass is 9.73. The van der Waals surface area contributed by atoms with Gasteiger partial charge in [0.05, 0.1) is 0 Å². The van der Waals surface area contributed by atoms with Gasteiger partial charge in [0.25, 0.3) is 0 Å². The predicted molar refractivity (Wildman–Crippen MR) is 56.0 cm³/mol. The summed E-state index contributed by atoms with van der Waals surface area (Å²) in [7, 11) is 1.29. The highest BCUT2D eigenvalue weighted by atomic mass is 19.2. The standard InChI is InChI=1S/C13H8F4O/c1-18-13-4-2-6(3-5-13)7-8(13)10(15)12(17)11(16)9(7)14/h2-6H,1H3. The maximum Gasteiger partial charge on any atom is 0.197 e. The molecule has 3 aliphatic rings. The van der Waals surface area contributed by atoms with Crippen molar-refractivity contribution in [3.8, 4) is 0 Å². The molecule has 0 saturated heterocycles. The Labute approximate surface area is 100 Å². The fourth-order valence-electron chi connectivity index (χ4n) is 2.55. The first-order valence-electron chi connectivity index (χ1n) is 5.32. The monoisotopic (exact) mass is 256 g/mol. The van der Waals surface area contributed by atoms with Crippen LogP contribution in [-0.4, -0.2) is 7.11 Å². The van der Waals surface area contributed by atoms with Gasteiger partial charge < -0.3 is 4.74 Å². The Morgan fingerprint density at radius 1 is 0.944 bits per heavy atom. The Morgan fingerprint density at radius 3 is 2.06 bits per heavy atom. The van der Waals surface area contributed by atoms with Crippen molar-refractivity contribution >= 4 is 0 Å². The number of halogens is 4. The summed E-state index contributed by atoms with van der Waals surface area (Å²) in [6, 6.07) is 0. The lowest BCUT2D eigenvalue weighted by Gasteiger charge is -2.38. The molecule has 0 fully saturated rings. The number of rotatable bonds is 1. The highest BCUT2D eigenvalue weighted by Gasteiger charge is 2.44. The van der Waals surface area contributed by atoms with Crippen LogP contribution in [0.5, 0.6) is 0 Å². The van der Waals surface area contributed by atoms with Gasteiger partial charge in [0.2, 0.25) is 0 Å². The molecule has 0 heterocycles. The summed E-state index contributed by atoms with van der Waals surface area (Å²) >= 11 is 0. The molecule has 1 nitrogen and oxygen atoms in total. The first-order valence-corrected chi connectivity index (χ1v) is 5.32. The van der Waals surface area contributed by atoms with Crippen molar-refractivity contribution in [1.29, 1.82) is 0 Å². The molecule has 3 aliphatic carbocycles. The zero-order valence-corrected chi connectivity index (χ0v) is 9.31. The second-order valence-corrected chi connectivity index (χ2v) is 4.29. The minimum absolute atomic E-state index is 0.196. The lowest BCUT2D eigenvalue weighted by molar-refractivity contribution is 0.0616. The fourth-order valence-corrected chi connectivity index (χ4v) is 2.55. The Bertz CT molecular complexity index is 590. The van der Waals surface area contributed by atoms with Crippen molar-refractivity contribution in [3.63, 3.8) is 0 Å². The molecule has 0 saturated carbocycles. The molecule has 1 aromatic rings. The minimum Gasteiger partial charge on any atom is -0.365 e. The number of hydrogen-bond donors (Lipinski definition) is 0. The van der Waals surface area contributed by atoms with Crippen LogP contribution in [0.4, 0.5) is 17.6 Å². The molecule has 18 heavy (non-hydrogen) atoms. The van der Waals surface area contributed by atoms with Gasteiger partial charge in [-0.3, -0.25) is 0 Å². The van der Waals surface area contributed by atoms with Crippen LogP contribution >= 0.6 is 0 Å². The van der Waals surface area contributed by atoms with Crippen molar-refractivity contribution in [3.05, 3.63) is 58.7 Å². The van der Waals surface area contributed by atoms with Crippen LogP contribution in [0.15, 0.2) is 24.3 Å². The first kappa shape index (κ1) is 11.5. The summed E-state index contributed by atoms with van der Waals surface area (Å²) < 4.78 is 59.4. The maximum atomic E-state index is 13.9. The van der Waals surface area contributed by atoms with E-state index in [0.29, 0.717) is 0 Å². The third-order valence-corrected chi connectivity index (χ3v) is 3.47. The lowest BCUT2D eigenvalue weighted by Crippen LogP contribution is -2.35. The summed E-state index contributed by atoms with van der Waals surface area (Å²) in [5, 5.41) is 0. The van der Waals surface area contributed by atoms with E-state index in [4.69, 9.17) is 4.74 Å². The number of hydrogen-bond acceptors (Lipinski definition) is 1. The van der Waals surface area contributed by atoms with Gasteiger partial charge >= 0.3 is 0 Å². The summed E-state index contributed by atoms with van der Waals surface area (Å²) in [6.45, 7) is 0. The number of allylic oxidation sites excluding steroid dienone is 2. The molecule has 94 valence electrons. The summed E-state index contributed by atoms with van der Waals surface area (Å²) in [5.41, 5.74) is -1.83. The van der Waals surface area contributed by atoms with E-state index in [1.54, 1.807) is 12.2 Å². The van der Waals surface area contributed by atoms with Gasteiger partial charge in [0.1, 0.15) is 5.60 Å². The largest absolute Gasteiger partial charge is 0.365 e. The average molecular weight is 256 g/mol. The molecule has 0 amide bonds. The predicted octanol–water partition coefficient (Wildman–Crippen LogP) is 3.31. The van der Waals surface area contributed by atoms with Gasteiger partial charge in [-0.25, -0.2) is 17.6 Å². The fraction of sp³-hybridized carbons (Fsp3) is 0.231. The Balaban J connectivity index is 2.43. The van der Waals surface area contributed by atoms with Gasteiger partial charge in [0.15, 0.2) is 23.3 Å². The highest BCUT2D eigenvalue weighted by molar-refractivity contribution is 5.54. The molecule has 0 spiro atoms. The Hall–Kier alpha value is -1.62. The summed E-state index contributed by atoms with van der Waals surface area (Å²) in [6.07, 6.45) is 6.18. The second kappa shape index (κ2) is 3.45. The normalized spacial score (nSPS) is 27.7. The van der Waals surface area contributed by atoms with Crippen LogP contribution in [0, 0.1) is 23.3 Å². The van der Waals surface area contributed by atoms with E-state index in [2.05, 4.69) is 0 Å². The Kier molecular flexibility index (Phi) is 2.20. The smallest absolute Gasteiger partial charge is 0.197 e. The Morgan fingerprint density at radius 2 is 1.50 bits per heavy atom. The molecule has 0 aliphatic heterocycles. The summed E-state index contributed by atoms with van der Waals surface area (Å²) in [4.78, 5) is 0. The van der Waals surface area contributed by atoms with E-state index in [1.807, 2.05) is 0 Å². The number of benzene rings is 1. The van der Waals surface area contributed by atoms with Crippen LogP contribution in [0.3, 0.4) is 0 Å². The third kappa shape index (κ3) is 1.15. The van der Waals surface area contributed by atoms with Crippen molar-refractivity contribution in [1.82, 2.24) is 0 Å². The van der Waals surface area contributed by atoms with E-state index < -0.39 is 34.8 Å². The topological polar surface area (TPSA) is 9.23 Å². The van der Waals surface area contributed by atoms with Crippen LogP contribution in [0.1, 0.15) is 17.0 Å². The van der Waals surface area contributed by atoms with Crippen molar-refractivity contribution in [2.45, 2.75) is 11.5 Å². The van der Waals surface area contributed by atoms with Crippen molar-refractivity contribution in [2.24, 2.45) is 0 Å². The molecule has 0 aromatic heterocycles. The quantitative estimate of drug-likeness (QED) is 0.324. The highest BCUT2D eigenvalue weighted by Crippen LogP contribution is 2.48. The SMILES string of the molecule is COC12C=CC(C=C1)c1c(F)c(F)c(F)c(F)c12. The molecule has 4 rings (SSSR count). The van der Waals surface area contributed by atoms with Crippen molar-refractivity contribution < 1.29 is 22.3 Å². The molecule has 0 atom stereocenters. The van der Waals surface area contributed by atoms with Gasteiger partial charge in [0, 0.05) is 24.2 Å².